The zero-order valence-corrected chi connectivity index (χ0v) is 10.7. The molecule has 98 valence electrons. The van der Waals surface area contributed by atoms with Crippen molar-refractivity contribution < 1.29 is 9.90 Å². The highest BCUT2D eigenvalue weighted by atomic mass is 16.4. The van der Waals surface area contributed by atoms with E-state index in [0.29, 0.717) is 12.0 Å². The Labute approximate surface area is 106 Å². The van der Waals surface area contributed by atoms with Crippen LogP contribution in [0.15, 0.2) is 12.4 Å². The summed E-state index contributed by atoms with van der Waals surface area (Å²) in [5.74, 6) is -0.380. The topological polar surface area (TPSA) is 69.6 Å². The first-order valence-electron chi connectivity index (χ1n) is 6.12. The maximum Gasteiger partial charge on any atom is 0.338 e. The summed E-state index contributed by atoms with van der Waals surface area (Å²) in [6.07, 6.45) is 2.72. The van der Waals surface area contributed by atoms with Crippen LogP contribution in [-0.4, -0.2) is 58.2 Å². The highest BCUT2D eigenvalue weighted by Crippen LogP contribution is 2.12. The fraction of sp³-hybridized carbons (Fsp3) is 0.583. The number of carbonyl (C=O) groups is 1. The third kappa shape index (κ3) is 2.76. The molecule has 1 aliphatic heterocycles. The van der Waals surface area contributed by atoms with Crippen molar-refractivity contribution in [3.05, 3.63) is 18.0 Å². The number of anilines is 1. The summed E-state index contributed by atoms with van der Waals surface area (Å²) >= 11 is 0. The van der Waals surface area contributed by atoms with E-state index in [4.69, 9.17) is 5.11 Å². The van der Waals surface area contributed by atoms with Crippen molar-refractivity contribution in [1.82, 2.24) is 14.9 Å². The van der Waals surface area contributed by atoms with Crippen molar-refractivity contribution in [2.75, 3.05) is 31.1 Å². The first-order chi connectivity index (χ1) is 8.58. The number of rotatable bonds is 3. The van der Waals surface area contributed by atoms with Crippen LogP contribution < -0.4 is 4.90 Å². The molecule has 1 fully saturated rings. The lowest BCUT2D eigenvalue weighted by molar-refractivity contribution is 0.0696. The normalized spacial score (nSPS) is 17.2. The van der Waals surface area contributed by atoms with Crippen LogP contribution in [0.25, 0.3) is 0 Å². The van der Waals surface area contributed by atoms with E-state index in [0.717, 1.165) is 26.2 Å². The predicted octanol–water partition coefficient (Wildman–Crippen LogP) is 0.705. The molecule has 0 amide bonds. The van der Waals surface area contributed by atoms with Crippen molar-refractivity contribution in [2.24, 2.45) is 0 Å². The summed E-state index contributed by atoms with van der Waals surface area (Å²) in [5.41, 5.74) is 0.125. The minimum Gasteiger partial charge on any atom is -0.478 e. The van der Waals surface area contributed by atoms with E-state index >= 15 is 0 Å². The van der Waals surface area contributed by atoms with Crippen LogP contribution in [0.3, 0.4) is 0 Å². The summed E-state index contributed by atoms with van der Waals surface area (Å²) in [4.78, 5) is 23.4. The second-order valence-corrected chi connectivity index (χ2v) is 4.69. The lowest BCUT2D eigenvalue weighted by atomic mass is 10.2. The third-order valence-electron chi connectivity index (χ3n) is 3.21. The van der Waals surface area contributed by atoms with Gasteiger partial charge in [0.05, 0.1) is 5.56 Å². The molecule has 2 heterocycles. The number of hydrogen-bond acceptors (Lipinski definition) is 5. The largest absolute Gasteiger partial charge is 0.478 e. The fourth-order valence-corrected chi connectivity index (χ4v) is 2.03. The first kappa shape index (κ1) is 12.8. The SMILES string of the molecule is CC(C)N1CCN(c2ncc(C(=O)O)cn2)CC1. The molecule has 0 atom stereocenters. The molecule has 6 nitrogen and oxygen atoms in total. The van der Waals surface area contributed by atoms with Crippen LogP contribution in [0.2, 0.25) is 0 Å². The highest BCUT2D eigenvalue weighted by molar-refractivity contribution is 5.86. The Morgan fingerprint density at radius 3 is 2.22 bits per heavy atom. The van der Waals surface area contributed by atoms with Gasteiger partial charge >= 0.3 is 5.97 Å². The van der Waals surface area contributed by atoms with Gasteiger partial charge in [0.25, 0.3) is 0 Å². The molecule has 0 aliphatic carbocycles. The van der Waals surface area contributed by atoms with E-state index in [1.165, 1.54) is 12.4 Å². The van der Waals surface area contributed by atoms with Crippen LogP contribution in [0, 0.1) is 0 Å². The van der Waals surface area contributed by atoms with Crippen LogP contribution in [0.5, 0.6) is 0 Å². The monoisotopic (exact) mass is 250 g/mol. The van der Waals surface area contributed by atoms with E-state index in [2.05, 4.69) is 33.6 Å². The molecule has 2 rings (SSSR count). The van der Waals surface area contributed by atoms with Gasteiger partial charge in [-0.25, -0.2) is 14.8 Å². The molecule has 0 bridgehead atoms. The van der Waals surface area contributed by atoms with Crippen molar-refractivity contribution in [2.45, 2.75) is 19.9 Å². The molecular weight excluding hydrogens is 232 g/mol. The summed E-state index contributed by atoms with van der Waals surface area (Å²) in [5, 5.41) is 8.78. The van der Waals surface area contributed by atoms with Crippen molar-refractivity contribution in [3.8, 4) is 0 Å². The first-order valence-corrected chi connectivity index (χ1v) is 6.12. The van der Waals surface area contributed by atoms with Crippen LogP contribution >= 0.6 is 0 Å². The maximum atomic E-state index is 10.7. The summed E-state index contributed by atoms with van der Waals surface area (Å²) < 4.78 is 0. The van der Waals surface area contributed by atoms with Crippen molar-refractivity contribution >= 4 is 11.9 Å². The Morgan fingerprint density at radius 2 is 1.78 bits per heavy atom. The number of aromatic nitrogens is 2. The van der Waals surface area contributed by atoms with Gasteiger partial charge in [-0.2, -0.15) is 0 Å². The summed E-state index contributed by atoms with van der Waals surface area (Å²) in [6.45, 7) is 8.11. The van der Waals surface area contributed by atoms with E-state index in [-0.39, 0.29) is 5.56 Å². The van der Waals surface area contributed by atoms with E-state index < -0.39 is 5.97 Å². The fourth-order valence-electron chi connectivity index (χ4n) is 2.03. The summed E-state index contributed by atoms with van der Waals surface area (Å²) in [6, 6.07) is 0.558. The van der Waals surface area contributed by atoms with Gasteiger partial charge in [-0.1, -0.05) is 0 Å². The molecular formula is C12H18N4O2. The van der Waals surface area contributed by atoms with Crippen molar-refractivity contribution in [1.29, 1.82) is 0 Å². The second-order valence-electron chi connectivity index (χ2n) is 4.69. The van der Waals surface area contributed by atoms with Gasteiger partial charge in [-0.15, -0.1) is 0 Å². The average Bonchev–Trinajstić information content (AvgIpc) is 2.39. The third-order valence-corrected chi connectivity index (χ3v) is 3.21. The number of carboxylic acids is 1. The minimum absolute atomic E-state index is 0.125. The molecule has 18 heavy (non-hydrogen) atoms. The Kier molecular flexibility index (Phi) is 3.76. The van der Waals surface area contributed by atoms with Gasteiger partial charge in [0.1, 0.15) is 0 Å². The summed E-state index contributed by atoms with van der Waals surface area (Å²) in [7, 11) is 0. The average molecular weight is 250 g/mol. The Morgan fingerprint density at radius 1 is 1.22 bits per heavy atom. The van der Waals surface area contributed by atoms with Crippen LogP contribution in [-0.2, 0) is 0 Å². The molecule has 1 aliphatic rings. The molecule has 0 radical (unpaired) electrons. The van der Waals surface area contributed by atoms with Gasteiger partial charge in [0, 0.05) is 44.6 Å². The number of carboxylic acid groups (broad SMARTS) is 1. The molecule has 0 aromatic carbocycles. The molecule has 0 spiro atoms. The molecule has 1 aromatic heterocycles. The van der Waals surface area contributed by atoms with E-state index in [1.54, 1.807) is 0 Å². The minimum atomic E-state index is -0.994. The quantitative estimate of drug-likeness (QED) is 0.852. The maximum absolute atomic E-state index is 10.7. The highest BCUT2D eigenvalue weighted by Gasteiger charge is 2.20. The van der Waals surface area contributed by atoms with Crippen LogP contribution in [0.1, 0.15) is 24.2 Å². The zero-order chi connectivity index (χ0) is 13.1. The smallest absolute Gasteiger partial charge is 0.338 e. The number of piperazine rings is 1. The van der Waals surface area contributed by atoms with Gasteiger partial charge in [0.15, 0.2) is 0 Å². The van der Waals surface area contributed by atoms with Crippen LogP contribution in [0.4, 0.5) is 5.95 Å². The number of hydrogen-bond donors (Lipinski definition) is 1. The van der Waals surface area contributed by atoms with Crippen molar-refractivity contribution in [3.63, 3.8) is 0 Å². The van der Waals surface area contributed by atoms with Gasteiger partial charge in [0.2, 0.25) is 5.95 Å². The second kappa shape index (κ2) is 5.30. The lowest BCUT2D eigenvalue weighted by Gasteiger charge is -2.36. The number of aromatic carboxylic acids is 1. The van der Waals surface area contributed by atoms with Gasteiger partial charge in [-0.3, -0.25) is 4.90 Å². The Bertz CT molecular complexity index is 411. The lowest BCUT2D eigenvalue weighted by Crippen LogP contribution is -2.49. The molecule has 6 heteroatoms. The van der Waals surface area contributed by atoms with E-state index in [1.807, 2.05) is 0 Å². The van der Waals surface area contributed by atoms with Gasteiger partial charge in [-0.05, 0) is 13.8 Å². The predicted molar refractivity (Wildman–Crippen MR) is 67.9 cm³/mol. The number of nitrogens with zero attached hydrogens (tertiary/aromatic N) is 4. The molecule has 1 N–H and O–H groups in total. The molecule has 1 aromatic rings. The van der Waals surface area contributed by atoms with E-state index in [9.17, 15) is 4.79 Å². The zero-order valence-electron chi connectivity index (χ0n) is 10.7. The Balaban J connectivity index is 1.99. The molecule has 1 saturated heterocycles. The Hall–Kier alpha value is -1.69. The molecule has 0 unspecified atom stereocenters. The standard InChI is InChI=1S/C12H18N4O2/c1-9(2)15-3-5-16(6-4-15)12-13-7-10(8-14-12)11(17)18/h7-9H,3-6H2,1-2H3,(H,17,18). The van der Waals surface area contributed by atoms with Gasteiger partial charge < -0.3 is 10.0 Å². The molecule has 0 saturated carbocycles.